The van der Waals surface area contributed by atoms with Crippen molar-refractivity contribution in [3.05, 3.63) is 11.3 Å². The fraction of sp³-hybridized carbons (Fsp3) is 0.615. The molecule has 4 heteroatoms. The number of carbonyl (C=O) groups is 2. The van der Waals surface area contributed by atoms with Crippen LogP contribution in [-0.4, -0.2) is 29.4 Å². The summed E-state index contributed by atoms with van der Waals surface area (Å²) in [6.45, 7) is 5.98. The Balaban J connectivity index is 2.92. The molecule has 0 amide bonds. The zero-order valence-corrected chi connectivity index (χ0v) is 10.6. The molecule has 1 rings (SSSR count). The van der Waals surface area contributed by atoms with Crippen LogP contribution in [0.15, 0.2) is 16.3 Å². The largest absolute Gasteiger partial charge is 0.511 e. The van der Waals surface area contributed by atoms with Crippen molar-refractivity contribution in [2.75, 3.05) is 6.54 Å². The van der Waals surface area contributed by atoms with E-state index in [1.54, 1.807) is 6.92 Å². The van der Waals surface area contributed by atoms with E-state index in [2.05, 4.69) is 4.99 Å². The van der Waals surface area contributed by atoms with E-state index < -0.39 is 0 Å². The molecular formula is C13H19NO3. The van der Waals surface area contributed by atoms with Gasteiger partial charge in [0.15, 0.2) is 5.78 Å². The van der Waals surface area contributed by atoms with Crippen LogP contribution in [0.5, 0.6) is 0 Å². The van der Waals surface area contributed by atoms with Gasteiger partial charge in [-0.2, -0.15) is 0 Å². The molecule has 1 aliphatic carbocycles. The number of Topliss-reactive ketones (excluding diaryl/α,β-unsaturated/α-hetero) is 1. The average Bonchev–Trinajstić information content (AvgIpc) is 2.14. The molecule has 0 aromatic carbocycles. The first kappa shape index (κ1) is 13.6. The number of allylic oxidation sites excluding steroid dienone is 2. The number of aliphatic imine (C=N–C) groups is 1. The Labute approximate surface area is 101 Å². The van der Waals surface area contributed by atoms with Gasteiger partial charge in [0, 0.05) is 31.5 Å². The van der Waals surface area contributed by atoms with Crippen molar-refractivity contribution in [3.8, 4) is 0 Å². The fourth-order valence-electron chi connectivity index (χ4n) is 2.06. The lowest BCUT2D eigenvalue weighted by Gasteiger charge is -2.29. The second-order valence-electron chi connectivity index (χ2n) is 5.19. The van der Waals surface area contributed by atoms with Crippen LogP contribution >= 0.6 is 0 Å². The molecule has 0 spiro atoms. The lowest BCUT2D eigenvalue weighted by Crippen LogP contribution is -2.28. The Morgan fingerprint density at radius 2 is 2.12 bits per heavy atom. The van der Waals surface area contributed by atoms with Gasteiger partial charge in [-0.3, -0.25) is 9.79 Å². The van der Waals surface area contributed by atoms with E-state index >= 15 is 0 Å². The summed E-state index contributed by atoms with van der Waals surface area (Å²) in [6, 6.07) is 0. The zero-order valence-electron chi connectivity index (χ0n) is 10.6. The highest BCUT2D eigenvalue weighted by molar-refractivity contribution is 6.22. The number of nitrogens with zero attached hydrogens (tertiary/aromatic N) is 1. The number of carbonyl (C=O) groups excluding carboxylic acids is 2. The number of ketones is 1. The highest BCUT2D eigenvalue weighted by Crippen LogP contribution is 2.36. The van der Waals surface area contributed by atoms with Crippen LogP contribution < -0.4 is 0 Å². The molecular weight excluding hydrogens is 218 g/mol. The number of hydrogen-bond acceptors (Lipinski definition) is 4. The smallest absolute Gasteiger partial charge is 0.168 e. The molecule has 0 atom stereocenters. The molecule has 0 unspecified atom stereocenters. The maximum Gasteiger partial charge on any atom is 0.168 e. The number of rotatable bonds is 4. The van der Waals surface area contributed by atoms with Crippen molar-refractivity contribution in [1.82, 2.24) is 0 Å². The van der Waals surface area contributed by atoms with E-state index in [4.69, 9.17) is 0 Å². The summed E-state index contributed by atoms with van der Waals surface area (Å²) in [5.41, 5.74) is 0.688. The Kier molecular flexibility index (Phi) is 4.21. The van der Waals surface area contributed by atoms with Gasteiger partial charge in [0.1, 0.15) is 12.0 Å². The van der Waals surface area contributed by atoms with Gasteiger partial charge < -0.3 is 9.90 Å². The number of hydrogen-bond donors (Lipinski definition) is 1. The molecule has 1 aliphatic rings. The quantitative estimate of drug-likeness (QED) is 0.463. The standard InChI is InChI=1S/C13H19NO3/c1-9(14-5-4-6-15)12-10(16)7-13(2,3)8-11(12)17/h6,16H,4-5,7-8H2,1-3H3. The molecule has 0 fully saturated rings. The Morgan fingerprint density at radius 1 is 1.47 bits per heavy atom. The van der Waals surface area contributed by atoms with Gasteiger partial charge in [-0.05, 0) is 12.3 Å². The maximum atomic E-state index is 11.9. The first-order chi connectivity index (χ1) is 7.87. The molecule has 0 radical (unpaired) electrons. The molecule has 4 nitrogen and oxygen atoms in total. The predicted molar refractivity (Wildman–Crippen MR) is 66.3 cm³/mol. The maximum absolute atomic E-state index is 11.9. The van der Waals surface area contributed by atoms with Crippen LogP contribution in [0.2, 0.25) is 0 Å². The molecule has 0 saturated carbocycles. The minimum Gasteiger partial charge on any atom is -0.511 e. The van der Waals surface area contributed by atoms with Crippen LogP contribution in [0.4, 0.5) is 0 Å². The molecule has 0 saturated heterocycles. The van der Waals surface area contributed by atoms with Gasteiger partial charge in [-0.1, -0.05) is 13.8 Å². The van der Waals surface area contributed by atoms with Gasteiger partial charge in [-0.15, -0.1) is 0 Å². The lowest BCUT2D eigenvalue weighted by molar-refractivity contribution is -0.118. The Morgan fingerprint density at radius 3 is 2.65 bits per heavy atom. The SMILES string of the molecule is CC(=NCCC=O)C1=C(O)CC(C)(C)CC1=O. The van der Waals surface area contributed by atoms with Crippen LogP contribution in [-0.2, 0) is 9.59 Å². The van der Waals surface area contributed by atoms with Crippen molar-refractivity contribution in [2.24, 2.45) is 10.4 Å². The summed E-state index contributed by atoms with van der Waals surface area (Å²) >= 11 is 0. The summed E-state index contributed by atoms with van der Waals surface area (Å²) in [7, 11) is 0. The second-order valence-corrected chi connectivity index (χ2v) is 5.19. The first-order valence-electron chi connectivity index (χ1n) is 5.78. The van der Waals surface area contributed by atoms with Gasteiger partial charge >= 0.3 is 0 Å². The monoisotopic (exact) mass is 237 g/mol. The van der Waals surface area contributed by atoms with Crippen molar-refractivity contribution >= 4 is 17.8 Å². The molecule has 0 heterocycles. The topological polar surface area (TPSA) is 66.7 Å². The molecule has 1 N–H and O–H groups in total. The normalized spacial score (nSPS) is 20.6. The van der Waals surface area contributed by atoms with Crippen LogP contribution in [0.3, 0.4) is 0 Å². The van der Waals surface area contributed by atoms with E-state index in [9.17, 15) is 14.7 Å². The van der Waals surface area contributed by atoms with E-state index in [-0.39, 0.29) is 17.0 Å². The van der Waals surface area contributed by atoms with Crippen molar-refractivity contribution in [1.29, 1.82) is 0 Å². The first-order valence-corrected chi connectivity index (χ1v) is 5.78. The van der Waals surface area contributed by atoms with E-state index in [1.807, 2.05) is 13.8 Å². The van der Waals surface area contributed by atoms with Gasteiger partial charge in [0.2, 0.25) is 0 Å². The Hall–Kier alpha value is -1.45. The predicted octanol–water partition coefficient (Wildman–Crippen LogP) is 2.24. The molecule has 0 aliphatic heterocycles. The minimum absolute atomic E-state index is 0.0638. The summed E-state index contributed by atoms with van der Waals surface area (Å²) < 4.78 is 0. The van der Waals surface area contributed by atoms with E-state index in [1.165, 1.54) is 0 Å². The van der Waals surface area contributed by atoms with Crippen molar-refractivity contribution in [3.63, 3.8) is 0 Å². The summed E-state index contributed by atoms with van der Waals surface area (Å²) in [6.07, 6.45) is 2.05. The van der Waals surface area contributed by atoms with Crippen molar-refractivity contribution < 1.29 is 14.7 Å². The van der Waals surface area contributed by atoms with Crippen molar-refractivity contribution in [2.45, 2.75) is 40.0 Å². The molecule has 0 bridgehead atoms. The molecule has 0 aromatic rings. The third-order valence-corrected chi connectivity index (χ3v) is 2.81. The van der Waals surface area contributed by atoms with Gasteiger partial charge in [-0.25, -0.2) is 0 Å². The van der Waals surface area contributed by atoms with Gasteiger partial charge in [0.25, 0.3) is 0 Å². The number of aliphatic hydroxyl groups is 1. The molecule has 0 aromatic heterocycles. The van der Waals surface area contributed by atoms with Crippen LogP contribution in [0, 0.1) is 5.41 Å². The highest BCUT2D eigenvalue weighted by Gasteiger charge is 2.33. The number of aldehydes is 1. The number of aliphatic hydroxyl groups excluding tert-OH is 1. The van der Waals surface area contributed by atoms with Crippen LogP contribution in [0.25, 0.3) is 0 Å². The summed E-state index contributed by atoms with van der Waals surface area (Å²) in [5.74, 6) is 0.0599. The average molecular weight is 237 g/mol. The molecule has 94 valence electrons. The summed E-state index contributed by atoms with van der Waals surface area (Å²) in [5, 5.41) is 9.91. The third-order valence-electron chi connectivity index (χ3n) is 2.81. The van der Waals surface area contributed by atoms with E-state index in [0.717, 1.165) is 6.29 Å². The van der Waals surface area contributed by atoms with E-state index in [0.29, 0.717) is 37.1 Å². The lowest BCUT2D eigenvalue weighted by atomic mass is 9.76. The highest BCUT2D eigenvalue weighted by atomic mass is 16.3. The Bertz CT molecular complexity index is 391. The minimum atomic E-state index is -0.187. The fourth-order valence-corrected chi connectivity index (χ4v) is 2.06. The summed E-state index contributed by atoms with van der Waals surface area (Å²) in [4.78, 5) is 26.2. The third kappa shape index (κ3) is 3.51. The van der Waals surface area contributed by atoms with Gasteiger partial charge in [0.05, 0.1) is 5.57 Å². The van der Waals surface area contributed by atoms with Crippen LogP contribution in [0.1, 0.15) is 40.0 Å². The second kappa shape index (κ2) is 5.25. The molecule has 17 heavy (non-hydrogen) atoms. The zero-order chi connectivity index (χ0) is 13.1.